The molecule has 0 radical (unpaired) electrons. The van der Waals surface area contributed by atoms with Crippen molar-refractivity contribution in [3.63, 3.8) is 0 Å². The van der Waals surface area contributed by atoms with E-state index in [1.54, 1.807) is 31.3 Å². The first-order valence-electron chi connectivity index (χ1n) is 7.08. The second-order valence-corrected chi connectivity index (χ2v) is 5.29. The summed E-state index contributed by atoms with van der Waals surface area (Å²) in [5, 5.41) is 5.32. The maximum absolute atomic E-state index is 13.9. The van der Waals surface area contributed by atoms with E-state index in [4.69, 9.17) is 0 Å². The zero-order chi connectivity index (χ0) is 16.6. The number of hydrogen-bond acceptors (Lipinski definition) is 2. The molecule has 0 aromatic heterocycles. The summed E-state index contributed by atoms with van der Waals surface area (Å²) in [5.74, 6) is -3.31. The van der Waals surface area contributed by atoms with Crippen molar-refractivity contribution < 1.29 is 18.0 Å². The van der Waals surface area contributed by atoms with Gasteiger partial charge in [0, 0.05) is 24.3 Å². The number of anilines is 1. The Balaban J connectivity index is 2.03. The number of halogens is 3. The van der Waals surface area contributed by atoms with Crippen molar-refractivity contribution >= 4 is 17.8 Å². The van der Waals surface area contributed by atoms with Crippen LogP contribution in [-0.2, 0) is 4.79 Å². The van der Waals surface area contributed by atoms with Gasteiger partial charge in [0.1, 0.15) is 5.82 Å². The maximum atomic E-state index is 13.9. The van der Waals surface area contributed by atoms with Crippen molar-refractivity contribution in [3.05, 3.63) is 53.3 Å². The van der Waals surface area contributed by atoms with E-state index in [-0.39, 0.29) is 11.5 Å². The maximum Gasteiger partial charge on any atom is 0.247 e. The molecule has 2 aromatic carbocycles. The molecular weight excluding hydrogens is 305 g/mol. The number of aryl methyl sites for hydroxylation is 1. The van der Waals surface area contributed by atoms with Gasteiger partial charge < -0.3 is 0 Å². The summed E-state index contributed by atoms with van der Waals surface area (Å²) in [6, 6.07) is 6.19. The van der Waals surface area contributed by atoms with Crippen LogP contribution in [0.25, 0.3) is 11.1 Å². The zero-order valence-electron chi connectivity index (χ0n) is 12.3. The van der Waals surface area contributed by atoms with Gasteiger partial charge in [0.2, 0.25) is 5.91 Å². The minimum absolute atomic E-state index is 0.0265. The number of carbonyl (C=O) groups excluding carboxylic acids is 1. The Hall–Kier alpha value is -2.63. The first-order valence-corrected chi connectivity index (χ1v) is 7.08. The van der Waals surface area contributed by atoms with Crippen molar-refractivity contribution in [2.45, 2.75) is 19.8 Å². The first-order chi connectivity index (χ1) is 11.0. The molecule has 0 atom stereocenters. The van der Waals surface area contributed by atoms with Crippen LogP contribution in [0.2, 0.25) is 0 Å². The van der Waals surface area contributed by atoms with Gasteiger partial charge >= 0.3 is 0 Å². The molecule has 0 fully saturated rings. The van der Waals surface area contributed by atoms with Gasteiger partial charge in [-0.1, -0.05) is 6.07 Å². The zero-order valence-corrected chi connectivity index (χ0v) is 12.3. The van der Waals surface area contributed by atoms with Crippen LogP contribution in [-0.4, -0.2) is 12.1 Å². The summed E-state index contributed by atoms with van der Waals surface area (Å²) in [4.78, 5) is 11.9. The molecule has 23 heavy (non-hydrogen) atoms. The minimum atomic E-state index is -1.23. The Morgan fingerprint density at radius 2 is 1.74 bits per heavy atom. The fraction of sp³-hybridized carbons (Fsp3) is 0.176. The van der Waals surface area contributed by atoms with Crippen LogP contribution in [0.5, 0.6) is 0 Å². The standard InChI is InChI=1S/C17H13F3N2O/c1-10-7-11(22-17(23)3-2-6-21-22)4-5-12(10)13-8-15(19)16(20)9-14(13)18/h4-9H,2-3H2,1H3. The molecule has 3 nitrogen and oxygen atoms in total. The third-order valence-electron chi connectivity index (χ3n) is 3.68. The highest BCUT2D eigenvalue weighted by Gasteiger charge is 2.19. The predicted octanol–water partition coefficient (Wildman–Crippen LogP) is 4.19. The molecule has 3 rings (SSSR count). The fourth-order valence-electron chi connectivity index (χ4n) is 2.52. The lowest BCUT2D eigenvalue weighted by atomic mass is 9.99. The summed E-state index contributed by atoms with van der Waals surface area (Å²) >= 11 is 0. The molecule has 1 aliphatic heterocycles. The number of hydrogen-bond donors (Lipinski definition) is 0. The quantitative estimate of drug-likeness (QED) is 0.764. The van der Waals surface area contributed by atoms with Crippen molar-refractivity contribution in [2.24, 2.45) is 5.10 Å². The van der Waals surface area contributed by atoms with Crippen LogP contribution in [0.1, 0.15) is 18.4 Å². The van der Waals surface area contributed by atoms with Gasteiger partial charge in [0.05, 0.1) is 5.69 Å². The van der Waals surface area contributed by atoms with Gasteiger partial charge in [0.25, 0.3) is 0 Å². The van der Waals surface area contributed by atoms with E-state index in [1.165, 1.54) is 5.01 Å². The third-order valence-corrected chi connectivity index (χ3v) is 3.68. The van der Waals surface area contributed by atoms with Crippen LogP contribution >= 0.6 is 0 Å². The second-order valence-electron chi connectivity index (χ2n) is 5.29. The van der Waals surface area contributed by atoms with Gasteiger partial charge in [-0.05, 0) is 42.7 Å². The van der Waals surface area contributed by atoms with Gasteiger partial charge in [-0.2, -0.15) is 5.10 Å². The normalized spacial score (nSPS) is 14.4. The minimum Gasteiger partial charge on any atom is -0.273 e. The van der Waals surface area contributed by atoms with Crippen LogP contribution in [0.4, 0.5) is 18.9 Å². The lowest BCUT2D eigenvalue weighted by Gasteiger charge is -2.21. The molecule has 0 bridgehead atoms. The molecule has 1 aliphatic rings. The fourth-order valence-corrected chi connectivity index (χ4v) is 2.52. The highest BCUT2D eigenvalue weighted by atomic mass is 19.2. The SMILES string of the molecule is Cc1cc(N2N=CCCC2=O)ccc1-c1cc(F)c(F)cc1F. The predicted molar refractivity (Wildman–Crippen MR) is 81.7 cm³/mol. The van der Waals surface area contributed by atoms with Crippen LogP contribution in [0.15, 0.2) is 35.4 Å². The van der Waals surface area contributed by atoms with Crippen LogP contribution in [0, 0.1) is 24.4 Å². The second kappa shape index (κ2) is 5.87. The van der Waals surface area contributed by atoms with E-state index < -0.39 is 17.5 Å². The summed E-state index contributed by atoms with van der Waals surface area (Å²) in [6.45, 7) is 1.71. The average Bonchev–Trinajstić information content (AvgIpc) is 2.52. The van der Waals surface area contributed by atoms with Crippen LogP contribution < -0.4 is 5.01 Å². The van der Waals surface area contributed by atoms with E-state index >= 15 is 0 Å². The Morgan fingerprint density at radius 1 is 1.00 bits per heavy atom. The van der Waals surface area contributed by atoms with Crippen molar-refractivity contribution in [2.75, 3.05) is 5.01 Å². The average molecular weight is 318 g/mol. The Morgan fingerprint density at radius 3 is 2.43 bits per heavy atom. The molecule has 1 heterocycles. The summed E-state index contributed by atoms with van der Waals surface area (Å²) in [5.41, 5.74) is 1.58. The number of amides is 1. The first kappa shape index (κ1) is 15.3. The number of benzene rings is 2. The molecule has 0 saturated carbocycles. The molecule has 0 unspecified atom stereocenters. The lowest BCUT2D eigenvalue weighted by Crippen LogP contribution is -2.28. The number of rotatable bonds is 2. The number of carbonyl (C=O) groups is 1. The van der Waals surface area contributed by atoms with Crippen molar-refractivity contribution in [1.29, 1.82) is 0 Å². The summed E-state index contributed by atoms with van der Waals surface area (Å²) in [7, 11) is 0. The molecule has 6 heteroatoms. The van der Waals surface area contributed by atoms with Gasteiger partial charge in [-0.3, -0.25) is 4.79 Å². The molecule has 118 valence electrons. The summed E-state index contributed by atoms with van der Waals surface area (Å²) in [6.07, 6.45) is 2.63. The van der Waals surface area contributed by atoms with Gasteiger partial charge in [0.15, 0.2) is 11.6 Å². The molecular formula is C17H13F3N2O. The lowest BCUT2D eigenvalue weighted by molar-refractivity contribution is -0.118. The molecule has 0 spiro atoms. The van der Waals surface area contributed by atoms with Crippen molar-refractivity contribution in [1.82, 2.24) is 0 Å². The highest BCUT2D eigenvalue weighted by Crippen LogP contribution is 2.31. The van der Waals surface area contributed by atoms with Crippen LogP contribution in [0.3, 0.4) is 0 Å². The Bertz CT molecular complexity index is 818. The molecule has 1 amide bonds. The van der Waals surface area contributed by atoms with E-state index in [9.17, 15) is 18.0 Å². The monoisotopic (exact) mass is 318 g/mol. The third kappa shape index (κ3) is 2.84. The molecule has 0 aliphatic carbocycles. The smallest absolute Gasteiger partial charge is 0.247 e. The number of hydrazone groups is 1. The van der Waals surface area contributed by atoms with Crippen molar-refractivity contribution in [3.8, 4) is 11.1 Å². The largest absolute Gasteiger partial charge is 0.273 e. The highest BCUT2D eigenvalue weighted by molar-refractivity contribution is 5.97. The van der Waals surface area contributed by atoms with Gasteiger partial charge in [-0.15, -0.1) is 0 Å². The molecule has 2 aromatic rings. The van der Waals surface area contributed by atoms with E-state index in [1.807, 2.05) is 0 Å². The van der Waals surface area contributed by atoms with E-state index in [2.05, 4.69) is 5.10 Å². The molecule has 0 saturated heterocycles. The Labute approximate surface area is 131 Å². The van der Waals surface area contributed by atoms with E-state index in [0.29, 0.717) is 35.7 Å². The molecule has 0 N–H and O–H groups in total. The number of nitrogens with zero attached hydrogens (tertiary/aromatic N) is 2. The van der Waals surface area contributed by atoms with Gasteiger partial charge in [-0.25, -0.2) is 18.2 Å². The summed E-state index contributed by atoms with van der Waals surface area (Å²) < 4.78 is 40.4. The Kier molecular flexibility index (Phi) is 3.90. The van der Waals surface area contributed by atoms with E-state index in [0.717, 1.165) is 6.07 Å². The topological polar surface area (TPSA) is 32.7 Å².